The molecule has 1 amide bonds. The van der Waals surface area contributed by atoms with Gasteiger partial charge in [-0.05, 0) is 31.0 Å². The number of nitrogens with two attached hydrogens (primary N) is 1. The Kier molecular flexibility index (Phi) is 6.99. The molecule has 0 spiro atoms. The summed E-state index contributed by atoms with van der Waals surface area (Å²) in [5, 5.41) is 2.83. The molecule has 0 aliphatic rings. The van der Waals surface area contributed by atoms with Crippen LogP contribution >= 0.6 is 0 Å². The lowest BCUT2D eigenvalue weighted by Gasteiger charge is -2.08. The van der Waals surface area contributed by atoms with Crippen LogP contribution in [-0.4, -0.2) is 35.2 Å². The third-order valence-electron chi connectivity index (χ3n) is 2.80. The van der Waals surface area contributed by atoms with Crippen molar-refractivity contribution in [1.29, 1.82) is 0 Å². The Morgan fingerprint density at radius 2 is 2.20 bits per heavy atom. The lowest BCUT2D eigenvalue weighted by molar-refractivity contribution is 0.0953. The number of carbonyl (C=O) groups excluding carboxylic acids is 1. The summed E-state index contributed by atoms with van der Waals surface area (Å²) in [5.74, 6) is 6.22. The molecule has 0 radical (unpaired) electrons. The van der Waals surface area contributed by atoms with Gasteiger partial charge >= 0.3 is 0 Å². The highest BCUT2D eigenvalue weighted by Crippen LogP contribution is 2.12. The van der Waals surface area contributed by atoms with Crippen LogP contribution in [0.25, 0.3) is 0 Å². The number of amides is 1. The second-order valence-electron chi connectivity index (χ2n) is 4.37. The molecule has 108 valence electrons. The van der Waals surface area contributed by atoms with Gasteiger partial charge < -0.3 is 11.1 Å². The van der Waals surface area contributed by atoms with Crippen molar-refractivity contribution in [2.24, 2.45) is 5.73 Å². The van der Waals surface area contributed by atoms with E-state index in [1.165, 1.54) is 0 Å². The number of rotatable bonds is 5. The number of nitrogens with one attached hydrogen (secondary N) is 1. The molecule has 0 aromatic heterocycles. The minimum Gasteiger partial charge on any atom is -0.352 e. The van der Waals surface area contributed by atoms with Gasteiger partial charge in [-0.15, -0.1) is 0 Å². The molecule has 4 nitrogen and oxygen atoms in total. The molecule has 0 saturated carbocycles. The zero-order valence-corrected chi connectivity index (χ0v) is 12.7. The molecule has 20 heavy (non-hydrogen) atoms. The maximum atomic E-state index is 12.1. The molecule has 0 heterocycles. The zero-order valence-electron chi connectivity index (χ0n) is 11.9. The maximum Gasteiger partial charge on any atom is 0.251 e. The SMILES string of the molecule is Cc1c(C#CCN)cccc1C(=O)NCCCS(C)=O. The maximum absolute atomic E-state index is 12.1. The van der Waals surface area contributed by atoms with Crippen molar-refractivity contribution in [2.75, 3.05) is 25.1 Å². The van der Waals surface area contributed by atoms with Crippen LogP contribution in [0.15, 0.2) is 18.2 Å². The van der Waals surface area contributed by atoms with Gasteiger partial charge in [0.15, 0.2) is 0 Å². The minimum atomic E-state index is -0.818. The van der Waals surface area contributed by atoms with Crippen LogP contribution in [0.5, 0.6) is 0 Å². The molecule has 1 unspecified atom stereocenters. The molecule has 3 N–H and O–H groups in total. The Morgan fingerprint density at radius 1 is 1.45 bits per heavy atom. The van der Waals surface area contributed by atoms with Gasteiger partial charge in [-0.2, -0.15) is 0 Å². The molecule has 5 heteroatoms. The van der Waals surface area contributed by atoms with E-state index in [-0.39, 0.29) is 5.91 Å². The van der Waals surface area contributed by atoms with E-state index < -0.39 is 10.8 Å². The highest BCUT2D eigenvalue weighted by atomic mass is 32.2. The number of carbonyl (C=O) groups is 1. The van der Waals surface area contributed by atoms with Crippen molar-refractivity contribution in [2.45, 2.75) is 13.3 Å². The number of hydrogen-bond acceptors (Lipinski definition) is 3. The monoisotopic (exact) mass is 292 g/mol. The van der Waals surface area contributed by atoms with E-state index in [1.54, 1.807) is 12.3 Å². The molecule has 1 aromatic rings. The summed E-state index contributed by atoms with van der Waals surface area (Å²) in [6.07, 6.45) is 2.37. The Hall–Kier alpha value is -1.64. The topological polar surface area (TPSA) is 72.2 Å². The first-order chi connectivity index (χ1) is 9.56. The van der Waals surface area contributed by atoms with Crippen molar-refractivity contribution in [3.63, 3.8) is 0 Å². The first-order valence-corrected chi connectivity index (χ1v) is 8.15. The highest BCUT2D eigenvalue weighted by Gasteiger charge is 2.10. The summed E-state index contributed by atoms with van der Waals surface area (Å²) in [5.41, 5.74) is 7.64. The standard InChI is InChI=1S/C15H20N2O2S/c1-12-13(7-4-9-16)6-3-8-14(12)15(18)17-10-5-11-20(2)19/h3,6,8H,5,9-11,16H2,1-2H3,(H,17,18). The van der Waals surface area contributed by atoms with Crippen LogP contribution < -0.4 is 11.1 Å². The van der Waals surface area contributed by atoms with E-state index in [1.807, 2.05) is 19.1 Å². The predicted molar refractivity (Wildman–Crippen MR) is 83.0 cm³/mol. The summed E-state index contributed by atoms with van der Waals surface area (Å²) in [6, 6.07) is 5.45. The average Bonchev–Trinajstić information content (AvgIpc) is 2.42. The summed E-state index contributed by atoms with van der Waals surface area (Å²) in [6.45, 7) is 2.69. The summed E-state index contributed by atoms with van der Waals surface area (Å²) >= 11 is 0. The van der Waals surface area contributed by atoms with Crippen LogP contribution in [0.3, 0.4) is 0 Å². The van der Waals surface area contributed by atoms with Gasteiger partial charge in [0.05, 0.1) is 6.54 Å². The first kappa shape index (κ1) is 16.4. The van der Waals surface area contributed by atoms with Crippen molar-refractivity contribution < 1.29 is 9.00 Å². The van der Waals surface area contributed by atoms with E-state index in [4.69, 9.17) is 5.73 Å². The van der Waals surface area contributed by atoms with Gasteiger partial charge in [0, 0.05) is 40.5 Å². The number of hydrogen-bond donors (Lipinski definition) is 2. The molecular weight excluding hydrogens is 272 g/mol. The van der Waals surface area contributed by atoms with Crippen LogP contribution in [0.2, 0.25) is 0 Å². The van der Waals surface area contributed by atoms with Crippen LogP contribution in [0.1, 0.15) is 27.9 Å². The zero-order chi connectivity index (χ0) is 15.0. The van der Waals surface area contributed by atoms with Crippen molar-refractivity contribution >= 4 is 16.7 Å². The molecule has 0 fully saturated rings. The summed E-state index contributed by atoms with van der Waals surface area (Å²) in [4.78, 5) is 12.1. The van der Waals surface area contributed by atoms with Crippen LogP contribution in [0, 0.1) is 18.8 Å². The van der Waals surface area contributed by atoms with Gasteiger partial charge in [0.2, 0.25) is 0 Å². The fraction of sp³-hybridized carbons (Fsp3) is 0.400. The Morgan fingerprint density at radius 3 is 2.85 bits per heavy atom. The fourth-order valence-electron chi connectivity index (χ4n) is 1.74. The van der Waals surface area contributed by atoms with E-state index in [2.05, 4.69) is 17.2 Å². The van der Waals surface area contributed by atoms with Crippen molar-refractivity contribution in [1.82, 2.24) is 5.32 Å². The minimum absolute atomic E-state index is 0.124. The molecule has 0 aliphatic heterocycles. The summed E-state index contributed by atoms with van der Waals surface area (Å²) in [7, 11) is -0.818. The third-order valence-corrected chi connectivity index (χ3v) is 3.66. The highest BCUT2D eigenvalue weighted by molar-refractivity contribution is 7.84. The van der Waals surface area contributed by atoms with Crippen molar-refractivity contribution in [3.8, 4) is 11.8 Å². The molecule has 0 saturated heterocycles. The van der Waals surface area contributed by atoms with E-state index >= 15 is 0 Å². The van der Waals surface area contributed by atoms with Gasteiger partial charge in [-0.1, -0.05) is 17.9 Å². The summed E-state index contributed by atoms with van der Waals surface area (Å²) < 4.78 is 10.9. The van der Waals surface area contributed by atoms with Crippen molar-refractivity contribution in [3.05, 3.63) is 34.9 Å². The van der Waals surface area contributed by atoms with E-state index in [9.17, 15) is 9.00 Å². The quantitative estimate of drug-likeness (QED) is 0.623. The van der Waals surface area contributed by atoms with E-state index in [0.717, 1.165) is 11.1 Å². The predicted octanol–water partition coefficient (Wildman–Crippen LogP) is 0.804. The Bertz CT molecular complexity index is 559. The molecule has 1 atom stereocenters. The molecule has 0 aliphatic carbocycles. The third kappa shape index (κ3) is 5.16. The van der Waals surface area contributed by atoms with Gasteiger partial charge in [-0.3, -0.25) is 9.00 Å². The Labute approximate surface area is 122 Å². The normalized spacial score (nSPS) is 11.3. The molecular formula is C15H20N2O2S. The lowest BCUT2D eigenvalue weighted by atomic mass is 10.0. The van der Waals surface area contributed by atoms with Crippen LogP contribution in [0.4, 0.5) is 0 Å². The van der Waals surface area contributed by atoms with Gasteiger partial charge in [0.1, 0.15) is 0 Å². The fourth-order valence-corrected chi connectivity index (χ4v) is 2.29. The lowest BCUT2D eigenvalue weighted by Crippen LogP contribution is -2.26. The molecule has 1 aromatic carbocycles. The smallest absolute Gasteiger partial charge is 0.251 e. The van der Waals surface area contributed by atoms with E-state index in [0.29, 0.717) is 30.8 Å². The first-order valence-electron chi connectivity index (χ1n) is 6.43. The molecule has 1 rings (SSSR count). The largest absolute Gasteiger partial charge is 0.352 e. The van der Waals surface area contributed by atoms with Gasteiger partial charge in [0.25, 0.3) is 5.91 Å². The number of benzene rings is 1. The Balaban J connectivity index is 2.71. The van der Waals surface area contributed by atoms with Crippen LogP contribution in [-0.2, 0) is 10.8 Å². The molecule has 0 bridgehead atoms. The average molecular weight is 292 g/mol. The second-order valence-corrected chi connectivity index (χ2v) is 5.93. The second kappa shape index (κ2) is 8.51. The van der Waals surface area contributed by atoms with Gasteiger partial charge in [-0.25, -0.2) is 0 Å².